The maximum Gasteiger partial charge on any atom is 0.309 e. The zero-order valence-electron chi connectivity index (χ0n) is 10.1. The molecule has 0 aliphatic heterocycles. The third-order valence-corrected chi connectivity index (χ3v) is 4.37. The van der Waals surface area contributed by atoms with Gasteiger partial charge in [0.25, 0.3) is 0 Å². The Kier molecular flexibility index (Phi) is 5.95. The van der Waals surface area contributed by atoms with E-state index in [1.807, 2.05) is 0 Å². The van der Waals surface area contributed by atoms with Crippen LogP contribution in [0.4, 0.5) is 4.39 Å². The topological polar surface area (TPSA) is 43.4 Å². The van der Waals surface area contributed by atoms with Crippen molar-refractivity contribution in [1.29, 1.82) is 0 Å². The van der Waals surface area contributed by atoms with Gasteiger partial charge in [-0.3, -0.25) is 9.00 Å². The van der Waals surface area contributed by atoms with Crippen LogP contribution >= 0.6 is 15.9 Å². The van der Waals surface area contributed by atoms with Gasteiger partial charge in [-0.05, 0) is 12.1 Å². The predicted molar refractivity (Wildman–Crippen MR) is 72.0 cm³/mol. The summed E-state index contributed by atoms with van der Waals surface area (Å²) in [6.45, 7) is 1.64. The van der Waals surface area contributed by atoms with Gasteiger partial charge < -0.3 is 4.74 Å². The standard InChI is InChI=1S/C12H14BrFO3S/c1-8(12(15)17-2)6-18(16)7-9-3-4-10(13)5-11(9)14/h3-5,8H,6-7H2,1-2H3. The quantitative estimate of drug-likeness (QED) is 0.776. The summed E-state index contributed by atoms with van der Waals surface area (Å²) in [7, 11) is -0.00846. The van der Waals surface area contributed by atoms with E-state index in [4.69, 9.17) is 0 Å². The first-order valence-corrected chi connectivity index (χ1v) is 7.59. The lowest BCUT2D eigenvalue weighted by molar-refractivity contribution is -0.144. The predicted octanol–water partition coefficient (Wildman–Crippen LogP) is 2.65. The molecule has 0 aliphatic rings. The van der Waals surface area contributed by atoms with E-state index in [9.17, 15) is 13.4 Å². The summed E-state index contributed by atoms with van der Waals surface area (Å²) in [5.41, 5.74) is 0.383. The SMILES string of the molecule is COC(=O)C(C)CS(=O)Cc1ccc(Br)cc1F. The molecule has 2 atom stereocenters. The Labute approximate surface area is 116 Å². The summed E-state index contributed by atoms with van der Waals surface area (Å²) in [5.74, 6) is -0.986. The van der Waals surface area contributed by atoms with Gasteiger partial charge in [-0.25, -0.2) is 4.39 Å². The van der Waals surface area contributed by atoms with Crippen LogP contribution in [0.1, 0.15) is 12.5 Å². The first-order valence-electron chi connectivity index (χ1n) is 5.30. The highest BCUT2D eigenvalue weighted by Crippen LogP contribution is 2.17. The number of rotatable bonds is 5. The van der Waals surface area contributed by atoms with E-state index in [0.29, 0.717) is 10.0 Å². The molecule has 0 saturated heterocycles. The molecule has 1 rings (SSSR count). The van der Waals surface area contributed by atoms with Crippen LogP contribution in [0.5, 0.6) is 0 Å². The van der Waals surface area contributed by atoms with Crippen molar-refractivity contribution < 1.29 is 18.1 Å². The molecule has 1 aromatic rings. The van der Waals surface area contributed by atoms with Gasteiger partial charge in [0.2, 0.25) is 0 Å². The molecule has 0 aliphatic carbocycles. The highest BCUT2D eigenvalue weighted by atomic mass is 79.9. The van der Waals surface area contributed by atoms with Gasteiger partial charge in [-0.1, -0.05) is 28.9 Å². The van der Waals surface area contributed by atoms with E-state index in [-0.39, 0.29) is 11.5 Å². The Hall–Kier alpha value is -0.750. The van der Waals surface area contributed by atoms with Crippen molar-refractivity contribution in [3.63, 3.8) is 0 Å². The molecule has 0 bridgehead atoms. The molecule has 6 heteroatoms. The second kappa shape index (κ2) is 6.99. The van der Waals surface area contributed by atoms with Gasteiger partial charge in [-0.2, -0.15) is 0 Å². The van der Waals surface area contributed by atoms with Crippen molar-refractivity contribution in [3.05, 3.63) is 34.1 Å². The molecule has 100 valence electrons. The summed E-state index contributed by atoms with van der Waals surface area (Å²) in [5, 5.41) is 0. The molecule has 3 nitrogen and oxygen atoms in total. The Morgan fingerprint density at radius 1 is 1.56 bits per heavy atom. The molecule has 0 heterocycles. The lowest BCUT2D eigenvalue weighted by atomic mass is 10.2. The number of benzene rings is 1. The summed E-state index contributed by atoms with van der Waals surface area (Å²) >= 11 is 3.15. The van der Waals surface area contributed by atoms with Crippen molar-refractivity contribution in [1.82, 2.24) is 0 Å². The highest BCUT2D eigenvalue weighted by molar-refractivity contribution is 9.10. The molecule has 1 aromatic carbocycles. The van der Waals surface area contributed by atoms with E-state index in [1.54, 1.807) is 19.1 Å². The van der Waals surface area contributed by atoms with Gasteiger partial charge in [0.15, 0.2) is 0 Å². The number of halogens is 2. The van der Waals surface area contributed by atoms with Crippen LogP contribution in [-0.2, 0) is 26.1 Å². The summed E-state index contributed by atoms with van der Waals surface area (Å²) < 4.78 is 30.5. The summed E-state index contributed by atoms with van der Waals surface area (Å²) in [6, 6.07) is 4.61. The molecule has 0 fully saturated rings. The number of hydrogen-bond donors (Lipinski definition) is 0. The van der Waals surface area contributed by atoms with Crippen molar-refractivity contribution in [2.45, 2.75) is 12.7 Å². The summed E-state index contributed by atoms with van der Waals surface area (Å²) in [6.07, 6.45) is 0. The second-order valence-electron chi connectivity index (χ2n) is 3.91. The maximum atomic E-state index is 13.5. The average molecular weight is 337 g/mol. The zero-order chi connectivity index (χ0) is 13.7. The third-order valence-electron chi connectivity index (χ3n) is 2.37. The third kappa shape index (κ3) is 4.49. The molecular formula is C12H14BrFO3S. The fraction of sp³-hybridized carbons (Fsp3) is 0.417. The molecule has 0 radical (unpaired) electrons. The minimum Gasteiger partial charge on any atom is -0.469 e. The van der Waals surface area contributed by atoms with Gasteiger partial charge in [0, 0.05) is 26.6 Å². The molecule has 2 unspecified atom stereocenters. The van der Waals surface area contributed by atoms with Crippen LogP contribution < -0.4 is 0 Å². The van der Waals surface area contributed by atoms with Crippen molar-refractivity contribution >= 4 is 32.7 Å². The fourth-order valence-corrected chi connectivity index (χ4v) is 3.14. The lowest BCUT2D eigenvalue weighted by Gasteiger charge is -2.09. The summed E-state index contributed by atoms with van der Waals surface area (Å²) in [4.78, 5) is 11.2. The van der Waals surface area contributed by atoms with Crippen LogP contribution in [0, 0.1) is 11.7 Å². The van der Waals surface area contributed by atoms with Gasteiger partial charge in [0.05, 0.1) is 18.8 Å². The van der Waals surface area contributed by atoms with Crippen LogP contribution in [0.3, 0.4) is 0 Å². The van der Waals surface area contributed by atoms with Gasteiger partial charge >= 0.3 is 5.97 Å². The first kappa shape index (κ1) is 15.3. The second-order valence-corrected chi connectivity index (χ2v) is 6.33. The van der Waals surface area contributed by atoms with Gasteiger partial charge in [0.1, 0.15) is 5.82 Å². The zero-order valence-corrected chi connectivity index (χ0v) is 12.5. The largest absolute Gasteiger partial charge is 0.469 e. The highest BCUT2D eigenvalue weighted by Gasteiger charge is 2.17. The molecule has 18 heavy (non-hydrogen) atoms. The molecule has 0 amide bonds. The number of methoxy groups -OCH3 is 1. The van der Waals surface area contributed by atoms with Crippen LogP contribution in [0.25, 0.3) is 0 Å². The number of esters is 1. The van der Waals surface area contributed by atoms with E-state index in [0.717, 1.165) is 0 Å². The Bertz CT molecular complexity index is 465. The van der Waals surface area contributed by atoms with Crippen LogP contribution in [0.2, 0.25) is 0 Å². The normalized spacial score (nSPS) is 14.0. The van der Waals surface area contributed by atoms with E-state index >= 15 is 0 Å². The Morgan fingerprint density at radius 3 is 2.78 bits per heavy atom. The molecule has 0 aromatic heterocycles. The number of carbonyl (C=O) groups is 1. The van der Waals surface area contributed by atoms with Crippen LogP contribution in [0.15, 0.2) is 22.7 Å². The van der Waals surface area contributed by atoms with E-state index < -0.39 is 28.5 Å². The average Bonchev–Trinajstić information content (AvgIpc) is 2.31. The van der Waals surface area contributed by atoms with Crippen molar-refractivity contribution in [3.8, 4) is 0 Å². The fourth-order valence-electron chi connectivity index (χ4n) is 1.42. The van der Waals surface area contributed by atoms with Gasteiger partial charge in [-0.15, -0.1) is 0 Å². The molecule has 0 saturated carbocycles. The van der Waals surface area contributed by atoms with E-state index in [2.05, 4.69) is 20.7 Å². The number of hydrogen-bond acceptors (Lipinski definition) is 3. The lowest BCUT2D eigenvalue weighted by Crippen LogP contribution is -2.20. The minimum atomic E-state index is -1.30. The van der Waals surface area contributed by atoms with E-state index in [1.165, 1.54) is 13.2 Å². The van der Waals surface area contributed by atoms with Crippen molar-refractivity contribution in [2.24, 2.45) is 5.92 Å². The minimum absolute atomic E-state index is 0.0977. The number of carbonyl (C=O) groups excluding carboxylic acids is 1. The monoisotopic (exact) mass is 336 g/mol. The smallest absolute Gasteiger partial charge is 0.309 e. The number of ether oxygens (including phenoxy) is 1. The maximum absolute atomic E-state index is 13.5. The Balaban J connectivity index is 2.62. The Morgan fingerprint density at radius 2 is 2.22 bits per heavy atom. The van der Waals surface area contributed by atoms with Crippen LogP contribution in [-0.4, -0.2) is 23.0 Å². The van der Waals surface area contributed by atoms with Crippen molar-refractivity contribution in [2.75, 3.05) is 12.9 Å². The first-order chi connectivity index (χ1) is 8.43. The molecular weight excluding hydrogens is 323 g/mol. The molecule has 0 N–H and O–H groups in total. The molecule has 0 spiro atoms.